The Hall–Kier alpha value is -4.31. The van der Waals surface area contributed by atoms with Gasteiger partial charge in [0.2, 0.25) is 6.79 Å². The van der Waals surface area contributed by atoms with Crippen LogP contribution in [-0.4, -0.2) is 59.7 Å². The highest BCUT2D eigenvalue weighted by Gasteiger charge is 2.35. The summed E-state index contributed by atoms with van der Waals surface area (Å²) in [6.07, 6.45) is -1.00. The van der Waals surface area contributed by atoms with Crippen LogP contribution >= 0.6 is 0 Å². The van der Waals surface area contributed by atoms with E-state index in [-0.39, 0.29) is 25.3 Å². The van der Waals surface area contributed by atoms with Crippen molar-refractivity contribution in [2.75, 3.05) is 38.3 Å². The summed E-state index contributed by atoms with van der Waals surface area (Å²) in [6, 6.07) is 18.6. The van der Waals surface area contributed by atoms with Crippen LogP contribution in [0.5, 0.6) is 11.5 Å². The molecule has 4 aromatic rings. The molecule has 2 fully saturated rings. The molecule has 4 heterocycles. The highest BCUT2D eigenvalue weighted by atomic mass is 19.4. The summed E-state index contributed by atoms with van der Waals surface area (Å²) in [7, 11) is 0. The van der Waals surface area contributed by atoms with E-state index in [1.165, 1.54) is 25.0 Å². The summed E-state index contributed by atoms with van der Waals surface area (Å²) in [5, 5.41) is 3.97. The second-order valence-corrected chi connectivity index (χ2v) is 11.4. The number of likely N-dealkylation sites (tertiary alicyclic amines) is 2. The average molecular weight is 589 g/mol. The number of pyridine rings is 1. The van der Waals surface area contributed by atoms with Gasteiger partial charge in [-0.15, -0.1) is 0 Å². The summed E-state index contributed by atoms with van der Waals surface area (Å²) < 4.78 is 50.0. The number of nitrogens with one attached hydrogen (secondary N) is 1. The topological polar surface area (TPSA) is 66.9 Å². The Morgan fingerprint density at radius 2 is 1.65 bits per heavy atom. The highest BCUT2D eigenvalue weighted by Crippen LogP contribution is 2.37. The second-order valence-electron chi connectivity index (χ2n) is 11.4. The molecule has 2 saturated heterocycles. The van der Waals surface area contributed by atoms with Crippen molar-refractivity contribution < 1.29 is 27.4 Å². The van der Waals surface area contributed by atoms with E-state index in [9.17, 15) is 18.0 Å². The van der Waals surface area contributed by atoms with Crippen LogP contribution < -0.4 is 14.8 Å². The number of carbonyl (C=O) groups excluding carboxylic acids is 1. The van der Waals surface area contributed by atoms with E-state index >= 15 is 0 Å². The first kappa shape index (κ1) is 27.5. The molecule has 10 heteroatoms. The van der Waals surface area contributed by atoms with Crippen LogP contribution in [0.1, 0.15) is 40.7 Å². The molecule has 0 bridgehead atoms. The molecule has 222 valence electrons. The Kier molecular flexibility index (Phi) is 7.09. The van der Waals surface area contributed by atoms with Crippen molar-refractivity contribution >= 4 is 22.6 Å². The number of anilines is 1. The van der Waals surface area contributed by atoms with Gasteiger partial charge in [-0.2, -0.15) is 13.2 Å². The summed E-state index contributed by atoms with van der Waals surface area (Å²) >= 11 is 0. The van der Waals surface area contributed by atoms with E-state index in [0.717, 1.165) is 54.7 Å². The molecule has 1 amide bonds. The molecule has 3 aromatic carbocycles. The zero-order valence-electron chi connectivity index (χ0n) is 23.5. The summed E-state index contributed by atoms with van der Waals surface area (Å²) in [4.78, 5) is 23.3. The predicted octanol–water partition coefficient (Wildman–Crippen LogP) is 6.57. The average Bonchev–Trinajstić information content (AvgIpc) is 3.69. The van der Waals surface area contributed by atoms with Crippen molar-refractivity contribution in [2.24, 2.45) is 0 Å². The Morgan fingerprint density at radius 1 is 0.907 bits per heavy atom. The summed E-state index contributed by atoms with van der Waals surface area (Å²) in [5.74, 6) is 1.83. The number of benzene rings is 3. The van der Waals surface area contributed by atoms with Crippen molar-refractivity contribution in [1.29, 1.82) is 0 Å². The summed E-state index contributed by atoms with van der Waals surface area (Å²) in [6.45, 7) is 4.20. The molecule has 7 rings (SSSR count). The fourth-order valence-corrected chi connectivity index (χ4v) is 6.07. The number of nitrogens with zero attached hydrogens (tertiary/aromatic N) is 3. The number of hydrogen-bond donors (Lipinski definition) is 1. The van der Waals surface area contributed by atoms with Crippen molar-refractivity contribution in [3.63, 3.8) is 0 Å². The number of rotatable bonds is 7. The predicted molar refractivity (Wildman–Crippen MR) is 157 cm³/mol. The van der Waals surface area contributed by atoms with Crippen molar-refractivity contribution in [3.8, 4) is 22.6 Å². The second kappa shape index (κ2) is 11.1. The van der Waals surface area contributed by atoms with E-state index in [1.54, 1.807) is 6.07 Å². The quantitative estimate of drug-likeness (QED) is 0.264. The maximum absolute atomic E-state index is 14.1. The molecule has 1 N–H and O–H groups in total. The third-order valence-electron chi connectivity index (χ3n) is 8.57. The molecule has 3 aliphatic heterocycles. The zero-order valence-corrected chi connectivity index (χ0v) is 23.5. The molecule has 3 aliphatic rings. The Balaban J connectivity index is 1.20. The maximum Gasteiger partial charge on any atom is 0.416 e. The first-order valence-corrected chi connectivity index (χ1v) is 14.6. The number of carbonyl (C=O) groups is 1. The molecule has 1 aromatic heterocycles. The smallest absolute Gasteiger partial charge is 0.416 e. The third kappa shape index (κ3) is 5.59. The van der Waals surface area contributed by atoms with Crippen LogP contribution in [0.15, 0.2) is 66.7 Å². The van der Waals surface area contributed by atoms with Crippen LogP contribution in [-0.2, 0) is 12.7 Å². The Morgan fingerprint density at radius 3 is 2.40 bits per heavy atom. The third-order valence-corrected chi connectivity index (χ3v) is 8.57. The van der Waals surface area contributed by atoms with Crippen LogP contribution in [0.4, 0.5) is 19.0 Å². The minimum absolute atomic E-state index is 0.0386. The lowest BCUT2D eigenvalue weighted by Crippen LogP contribution is -2.55. The lowest BCUT2D eigenvalue weighted by molar-refractivity contribution is -0.137. The fraction of sp³-hybridized carbons (Fsp3) is 0.333. The number of amides is 1. The first-order valence-electron chi connectivity index (χ1n) is 14.6. The molecular formula is C33H31F3N4O3. The van der Waals surface area contributed by atoms with Gasteiger partial charge in [0.25, 0.3) is 5.91 Å². The standard InChI is InChI=1S/C33H31F3N4O3/c34-33(35,36)24-7-3-21(4-8-24)18-37-31-17-27(32(41)40-14-11-25(40)19-39-12-1-2-13-39)26-15-22(5-9-28(26)38-31)23-6-10-29-30(16-23)43-20-42-29/h3-10,15-17,25H,1-2,11-14,18-20H2,(H,37,38)/t25-/m0/s1. The largest absolute Gasteiger partial charge is 0.454 e. The lowest BCUT2D eigenvalue weighted by Gasteiger charge is -2.43. The van der Waals surface area contributed by atoms with Gasteiger partial charge in [-0.25, -0.2) is 4.98 Å². The molecule has 1 atom stereocenters. The molecule has 0 aliphatic carbocycles. The normalized spacial score (nSPS) is 18.2. The van der Waals surface area contributed by atoms with Crippen LogP contribution in [0.25, 0.3) is 22.0 Å². The Labute approximate surface area is 247 Å². The maximum atomic E-state index is 14.1. The molecule has 0 unspecified atom stereocenters. The van der Waals surface area contributed by atoms with E-state index in [4.69, 9.17) is 14.5 Å². The molecule has 43 heavy (non-hydrogen) atoms. The van der Waals surface area contributed by atoms with E-state index in [1.807, 2.05) is 41.3 Å². The van der Waals surface area contributed by atoms with Gasteiger partial charge >= 0.3 is 6.18 Å². The minimum Gasteiger partial charge on any atom is -0.454 e. The highest BCUT2D eigenvalue weighted by molar-refractivity contribution is 6.08. The molecule has 0 spiro atoms. The van der Waals surface area contributed by atoms with E-state index < -0.39 is 11.7 Å². The van der Waals surface area contributed by atoms with Gasteiger partial charge in [0.15, 0.2) is 11.5 Å². The number of fused-ring (bicyclic) bond motifs is 2. The minimum atomic E-state index is -4.38. The van der Waals surface area contributed by atoms with Gasteiger partial charge in [0, 0.05) is 31.1 Å². The number of hydrogen-bond acceptors (Lipinski definition) is 6. The molecule has 7 nitrogen and oxygen atoms in total. The van der Waals surface area contributed by atoms with Gasteiger partial charge in [-0.05, 0) is 91.5 Å². The monoisotopic (exact) mass is 588 g/mol. The summed E-state index contributed by atoms with van der Waals surface area (Å²) in [5.41, 5.74) is 3.04. The molecule has 0 radical (unpaired) electrons. The SMILES string of the molecule is O=C(c1cc(NCc2ccc(C(F)(F)F)cc2)nc2ccc(-c3ccc4c(c3)OCO4)cc12)N1CC[C@H]1CN1CCCC1. The van der Waals surface area contributed by atoms with Crippen LogP contribution in [0, 0.1) is 0 Å². The van der Waals surface area contributed by atoms with Gasteiger partial charge in [0.05, 0.1) is 16.6 Å². The Bertz CT molecular complexity index is 1670. The zero-order chi connectivity index (χ0) is 29.6. The number of halogens is 3. The van der Waals surface area contributed by atoms with E-state index in [2.05, 4.69) is 10.2 Å². The van der Waals surface area contributed by atoms with Crippen molar-refractivity contribution in [2.45, 2.75) is 38.0 Å². The van der Waals surface area contributed by atoms with Crippen molar-refractivity contribution in [1.82, 2.24) is 14.8 Å². The van der Waals surface area contributed by atoms with Gasteiger partial charge in [-0.1, -0.05) is 24.3 Å². The van der Waals surface area contributed by atoms with Gasteiger partial charge in [-0.3, -0.25) is 4.79 Å². The number of aromatic nitrogens is 1. The number of ether oxygens (including phenoxy) is 2. The van der Waals surface area contributed by atoms with E-state index in [0.29, 0.717) is 40.5 Å². The number of alkyl halides is 3. The van der Waals surface area contributed by atoms with Crippen LogP contribution in [0.3, 0.4) is 0 Å². The molecule has 0 saturated carbocycles. The molecular weight excluding hydrogens is 557 g/mol. The lowest BCUT2D eigenvalue weighted by atomic mass is 9.97. The van der Waals surface area contributed by atoms with Gasteiger partial charge in [0.1, 0.15) is 5.82 Å². The van der Waals surface area contributed by atoms with Gasteiger partial charge < -0.3 is 24.6 Å². The van der Waals surface area contributed by atoms with Crippen LogP contribution in [0.2, 0.25) is 0 Å². The fourth-order valence-electron chi connectivity index (χ4n) is 6.07. The first-order chi connectivity index (χ1) is 20.8. The van der Waals surface area contributed by atoms with Crippen molar-refractivity contribution in [3.05, 3.63) is 83.4 Å².